The summed E-state index contributed by atoms with van der Waals surface area (Å²) in [4.78, 5) is 2.82. The number of rotatable bonds is 7. The fourth-order valence-corrected chi connectivity index (χ4v) is 8.68. The number of hydrogen-bond donors (Lipinski definition) is 0. The minimum Gasteiger partial charge on any atom is -0.468 e. The maximum atomic E-state index is 10.8. The molecule has 0 N–H and O–H groups in total. The van der Waals surface area contributed by atoms with Gasteiger partial charge in [-0.15, -0.1) is 0 Å². The summed E-state index contributed by atoms with van der Waals surface area (Å²) >= 11 is 0. The lowest BCUT2D eigenvalue weighted by Crippen LogP contribution is -2.61. The van der Waals surface area contributed by atoms with Gasteiger partial charge in [0.2, 0.25) is 0 Å². The minimum absolute atomic E-state index is 0.0557. The van der Waals surface area contributed by atoms with Gasteiger partial charge >= 0.3 is 0 Å². The summed E-state index contributed by atoms with van der Waals surface area (Å²) in [6, 6.07) is -21.6. The first-order valence-corrected chi connectivity index (χ1v) is 22.7. The average molecular weight is 943 g/mol. The first-order chi connectivity index (χ1) is 45.5. The molecule has 8 aromatic carbocycles. The van der Waals surface area contributed by atoms with Crippen LogP contribution in [0.25, 0.3) is 11.0 Å². The van der Waals surface area contributed by atoms with E-state index in [-0.39, 0.29) is 27.5 Å². The zero-order valence-electron chi connectivity index (χ0n) is 69.5. The molecule has 0 radical (unpaired) electrons. The van der Waals surface area contributed by atoms with Crippen LogP contribution < -0.4 is 31.3 Å². The van der Waals surface area contributed by atoms with Gasteiger partial charge in [0.25, 0.3) is 6.71 Å². The van der Waals surface area contributed by atoms with Gasteiger partial charge in [-0.2, -0.15) is 0 Å². The Morgan fingerprint density at radius 1 is 0.443 bits per heavy atom. The van der Waals surface area contributed by atoms with Crippen molar-refractivity contribution < 1.29 is 44.2 Å². The van der Waals surface area contributed by atoms with Crippen LogP contribution in [0.15, 0.2) is 192 Å². The Bertz CT molecular complexity index is 4950. The lowest BCUT2D eigenvalue weighted by molar-refractivity contribution is 0.590. The van der Waals surface area contributed by atoms with E-state index in [4.69, 9.17) is 16.8 Å². The third-order valence-corrected chi connectivity index (χ3v) is 12.5. The Morgan fingerprint density at radius 2 is 0.914 bits per heavy atom. The van der Waals surface area contributed by atoms with Crippen LogP contribution in [0.3, 0.4) is 0 Å². The summed E-state index contributed by atoms with van der Waals surface area (Å²) in [5.74, 6) is 0. The van der Waals surface area contributed by atoms with Gasteiger partial charge in [-0.25, -0.2) is 0 Å². The Balaban J connectivity index is 1.52. The van der Waals surface area contributed by atoms with Crippen LogP contribution in [0.4, 0.5) is 51.2 Å². The molecule has 11 rings (SSSR count). The molecule has 0 spiro atoms. The minimum atomic E-state index is -2.10. The van der Waals surface area contributed by atoms with Crippen molar-refractivity contribution in [2.45, 2.75) is 97.8 Å². The number of hydrogen-bond acceptors (Lipinski definition) is 4. The van der Waals surface area contributed by atoms with Gasteiger partial charge in [0.15, 0.2) is 0 Å². The van der Waals surface area contributed by atoms with E-state index in [1.54, 1.807) is 62.3 Å². The molecule has 5 heteroatoms. The number of fused-ring (bicyclic) bond motifs is 6. The first-order valence-electron chi connectivity index (χ1n) is 37.2. The quantitative estimate of drug-likeness (QED) is 0.149. The summed E-state index contributed by atoms with van der Waals surface area (Å²) in [5, 5.41) is -0.331. The molecule has 9 aromatic rings. The first kappa shape index (κ1) is 23.1. The van der Waals surface area contributed by atoms with Gasteiger partial charge in [0.05, 0.1) is 56.8 Å². The number of anilines is 9. The fraction of sp³-hybridized carbons (Fsp3) is 0.231. The Labute approximate surface area is 457 Å². The van der Waals surface area contributed by atoms with E-state index in [1.807, 2.05) is 0 Å². The van der Waals surface area contributed by atoms with Gasteiger partial charge < -0.3 is 19.1 Å². The monoisotopic (exact) mass is 943 g/mol. The molecule has 2 aliphatic rings. The van der Waals surface area contributed by atoms with Gasteiger partial charge in [-0.05, 0) is 134 Å². The van der Waals surface area contributed by atoms with Crippen molar-refractivity contribution in [2.24, 2.45) is 0 Å². The van der Waals surface area contributed by atoms with Gasteiger partial charge in [-0.1, -0.05) is 185 Å². The van der Waals surface area contributed by atoms with Crippen LogP contribution in [0.2, 0.25) is 0 Å². The Hall–Kier alpha value is -7.24. The van der Waals surface area contributed by atoms with Crippen LogP contribution in [0.1, 0.15) is 144 Å². The zero-order valence-corrected chi connectivity index (χ0v) is 40.5. The highest BCUT2D eigenvalue weighted by Gasteiger charge is 2.48. The second-order valence-electron chi connectivity index (χ2n) is 20.9. The van der Waals surface area contributed by atoms with Crippen LogP contribution in [-0.4, -0.2) is 6.71 Å². The van der Waals surface area contributed by atoms with Crippen molar-refractivity contribution in [1.82, 2.24) is 0 Å². The summed E-state index contributed by atoms with van der Waals surface area (Å²) in [6.07, 6.45) is 0. The van der Waals surface area contributed by atoms with Crippen LogP contribution in [0.5, 0.6) is 0 Å². The molecule has 0 saturated carbocycles. The average Bonchev–Trinajstić information content (AvgIpc) is 1.66. The molecule has 4 nitrogen and oxygen atoms in total. The molecule has 0 unspecified atom stereocenters. The summed E-state index contributed by atoms with van der Waals surface area (Å²) in [7, 11) is 0. The lowest BCUT2D eigenvalue weighted by atomic mass is 9.35. The van der Waals surface area contributed by atoms with Crippen LogP contribution >= 0.6 is 0 Å². The third kappa shape index (κ3) is 7.62. The van der Waals surface area contributed by atoms with Crippen molar-refractivity contribution in [3.63, 3.8) is 0 Å². The molecular weight excluding hydrogens is 850 g/mol. The topological polar surface area (TPSA) is 22.9 Å². The predicted molar refractivity (Wildman–Crippen MR) is 300 cm³/mol. The van der Waals surface area contributed by atoms with Crippen molar-refractivity contribution in [3.05, 3.63) is 215 Å². The second kappa shape index (κ2) is 16.4. The third-order valence-electron chi connectivity index (χ3n) is 12.5. The zero-order chi connectivity index (χ0) is 74.1. The lowest BCUT2D eigenvalue weighted by Gasteiger charge is -2.44. The number of furan rings is 1. The molecule has 1 aromatic heterocycles. The largest absolute Gasteiger partial charge is 0.468 e. The SMILES string of the molecule is [2H]c1c([2H])c([2H])c(N(c2cc3c4c(c2)N(c2c([2H])c([2H])c(C(C)(C)C)c([2H])c2[2H])c2c(oc5c([2H])c([2H])c(C(C)(C)C)c([2H])c25)B4c2c([2H])c([2H])c(C(C)(C)c4c([2H])c([2H])c([2H])c([2H])c4[2H])c([2H])c2N3c2c([2H])c([2H])c(C(C)(C)C)c([2H])c2[2H])c2c([2H])c([2H])c([2H])c([2H])c2[2H])c([2H])c1[2H]. The number of benzene rings is 8. The van der Waals surface area contributed by atoms with E-state index in [0.717, 1.165) is 26.8 Å². The highest BCUT2D eigenvalue weighted by molar-refractivity contribution is 7.00. The Morgan fingerprint density at radius 3 is 1.44 bits per heavy atom. The van der Waals surface area contributed by atoms with E-state index in [1.165, 1.54) is 13.8 Å². The van der Waals surface area contributed by atoms with Gasteiger partial charge in [-0.3, -0.25) is 0 Å². The molecule has 70 heavy (non-hydrogen) atoms. The number of nitrogens with zero attached hydrogens (tertiary/aromatic N) is 3. The molecule has 0 bridgehead atoms. The standard InChI is InChI=1S/C65H64BN3O/c1-62(2,3)43-27-33-50(34-28-43)68-55-40-47(65(10,11)45-21-15-12-16-22-45)31-37-54(55)66-59-56(68)41-52(67(48-23-17-13-18-24-48)49-25-19-14-20-26-49)42-57(59)69(51-35-29-44(30-36-51)63(4,5)6)60-53-39-46(64(7,8)9)32-38-58(53)70-61(60)66/h12-42H,1-11H3/i12D,13D,14D,15D,16D,17D,18D,19D,20D,21D,22D,23D,24D,25D,26D,27D,28D,29D,30D,31D,32D,33D,34D,35D,36D,37D,38D,39D,40D. The second-order valence-corrected chi connectivity index (χ2v) is 20.9. The molecule has 348 valence electrons. The molecule has 0 saturated heterocycles. The fourth-order valence-electron chi connectivity index (χ4n) is 8.68. The predicted octanol–water partition coefficient (Wildman–Crippen LogP) is 16.2. The molecule has 0 fully saturated rings. The van der Waals surface area contributed by atoms with E-state index in [2.05, 4.69) is 0 Å². The highest BCUT2D eigenvalue weighted by atomic mass is 16.3. The van der Waals surface area contributed by atoms with Gasteiger partial charge in [0, 0.05) is 50.6 Å². The molecule has 0 amide bonds. The number of para-hydroxylation sites is 2. The molecular formula is C65H64BN3O. The van der Waals surface area contributed by atoms with E-state index >= 15 is 0 Å². The summed E-state index contributed by atoms with van der Waals surface area (Å²) < 4.78 is 284. The summed E-state index contributed by atoms with van der Waals surface area (Å²) in [6.45, 7) is 15.6. The smallest absolute Gasteiger partial charge is 0.297 e. The molecule has 0 aliphatic carbocycles. The van der Waals surface area contributed by atoms with Crippen LogP contribution in [0, 0.1) is 0 Å². The van der Waals surface area contributed by atoms with Gasteiger partial charge in [0.1, 0.15) is 5.58 Å². The van der Waals surface area contributed by atoms with E-state index < -0.39 is 283 Å². The van der Waals surface area contributed by atoms with Crippen molar-refractivity contribution >= 4 is 85.5 Å². The normalized spacial score (nSPS) is 19.4. The van der Waals surface area contributed by atoms with E-state index in [9.17, 15) is 27.4 Å². The van der Waals surface area contributed by atoms with Crippen molar-refractivity contribution in [3.8, 4) is 0 Å². The van der Waals surface area contributed by atoms with E-state index in [0.29, 0.717) is 0 Å². The van der Waals surface area contributed by atoms with Crippen LogP contribution in [-0.2, 0) is 21.7 Å². The molecule has 2 aliphatic heterocycles. The Kier molecular flexibility index (Phi) is 5.43. The molecule has 3 heterocycles. The highest BCUT2D eigenvalue weighted by Crippen LogP contribution is 2.51. The van der Waals surface area contributed by atoms with Crippen molar-refractivity contribution in [1.29, 1.82) is 0 Å². The maximum absolute atomic E-state index is 10.8. The molecule has 0 atom stereocenters. The van der Waals surface area contributed by atoms with Crippen molar-refractivity contribution in [2.75, 3.05) is 14.7 Å². The summed E-state index contributed by atoms with van der Waals surface area (Å²) in [5.41, 5.74) is -14.1. The maximum Gasteiger partial charge on any atom is 0.297 e.